The molecule has 0 aliphatic heterocycles. The lowest BCUT2D eigenvalue weighted by Crippen LogP contribution is -2.49. The van der Waals surface area contributed by atoms with Crippen LogP contribution in [0.25, 0.3) is 0 Å². The average molecular weight is 482 g/mol. The Morgan fingerprint density at radius 2 is 1.90 bits per heavy atom. The van der Waals surface area contributed by atoms with Gasteiger partial charge in [-0.1, -0.05) is 64.3 Å². The van der Waals surface area contributed by atoms with Crippen LogP contribution in [0, 0.1) is 6.92 Å². The van der Waals surface area contributed by atoms with Crippen molar-refractivity contribution in [3.63, 3.8) is 0 Å². The molecule has 156 valence electrons. The highest BCUT2D eigenvalue weighted by Crippen LogP contribution is 2.27. The average Bonchev–Trinajstić information content (AvgIpc) is 2.70. The van der Waals surface area contributed by atoms with Gasteiger partial charge < -0.3 is 15.0 Å². The van der Waals surface area contributed by atoms with Crippen LogP contribution in [-0.4, -0.2) is 35.9 Å². The predicted molar refractivity (Wildman–Crippen MR) is 119 cm³/mol. The number of halogens is 2. The van der Waals surface area contributed by atoms with Gasteiger partial charge in [-0.3, -0.25) is 9.59 Å². The fraction of sp³-hybridized carbons (Fsp3) is 0.364. The second kappa shape index (κ2) is 11.2. The van der Waals surface area contributed by atoms with Gasteiger partial charge in [0.2, 0.25) is 5.91 Å². The normalized spacial score (nSPS) is 11.6. The van der Waals surface area contributed by atoms with E-state index in [2.05, 4.69) is 21.2 Å². The first-order chi connectivity index (χ1) is 13.8. The molecule has 0 heterocycles. The molecular formula is C22H26BrClN2O3. The van der Waals surface area contributed by atoms with E-state index in [1.807, 2.05) is 38.1 Å². The fourth-order valence-corrected chi connectivity index (χ4v) is 3.41. The van der Waals surface area contributed by atoms with E-state index in [0.29, 0.717) is 23.9 Å². The van der Waals surface area contributed by atoms with E-state index in [1.165, 1.54) is 4.90 Å². The third kappa shape index (κ3) is 7.05. The van der Waals surface area contributed by atoms with E-state index >= 15 is 0 Å². The van der Waals surface area contributed by atoms with Crippen LogP contribution >= 0.6 is 27.5 Å². The molecule has 1 unspecified atom stereocenters. The molecule has 2 amide bonds. The Morgan fingerprint density at radius 3 is 2.52 bits per heavy atom. The summed E-state index contributed by atoms with van der Waals surface area (Å²) in [6.45, 7) is 6.39. The quantitative estimate of drug-likeness (QED) is 0.563. The number of carbonyl (C=O) groups excluding carboxylic acids is 2. The highest BCUT2D eigenvalue weighted by atomic mass is 79.9. The second-order valence-electron chi connectivity index (χ2n) is 6.84. The predicted octanol–water partition coefficient (Wildman–Crippen LogP) is 4.73. The molecule has 0 bridgehead atoms. The lowest BCUT2D eigenvalue weighted by molar-refractivity contribution is -0.142. The molecule has 0 aromatic heterocycles. The fourth-order valence-electron chi connectivity index (χ4n) is 2.68. The molecule has 0 saturated carbocycles. The van der Waals surface area contributed by atoms with E-state index in [9.17, 15) is 9.59 Å². The molecule has 2 aromatic carbocycles. The smallest absolute Gasteiger partial charge is 0.261 e. The molecule has 1 atom stereocenters. The van der Waals surface area contributed by atoms with Crippen molar-refractivity contribution in [2.45, 2.75) is 39.8 Å². The van der Waals surface area contributed by atoms with E-state index < -0.39 is 6.04 Å². The first-order valence-corrected chi connectivity index (χ1v) is 10.7. The highest BCUT2D eigenvalue weighted by molar-refractivity contribution is 9.10. The highest BCUT2D eigenvalue weighted by Gasteiger charge is 2.26. The Bertz CT molecular complexity index is 842. The number of hydrogen-bond acceptors (Lipinski definition) is 3. The summed E-state index contributed by atoms with van der Waals surface area (Å²) in [6.07, 6.45) is 0.829. The Kier molecular flexibility index (Phi) is 8.99. The molecule has 0 spiro atoms. The summed E-state index contributed by atoms with van der Waals surface area (Å²) in [6, 6.07) is 12.4. The zero-order valence-corrected chi connectivity index (χ0v) is 19.2. The lowest BCUT2D eigenvalue weighted by atomic mass is 10.1. The van der Waals surface area contributed by atoms with E-state index in [-0.39, 0.29) is 18.4 Å². The van der Waals surface area contributed by atoms with Gasteiger partial charge in [-0.15, -0.1) is 0 Å². The van der Waals surface area contributed by atoms with Crippen molar-refractivity contribution in [2.75, 3.05) is 13.2 Å². The Labute approximate surface area is 185 Å². The van der Waals surface area contributed by atoms with Gasteiger partial charge >= 0.3 is 0 Å². The zero-order chi connectivity index (χ0) is 21.4. The molecule has 0 radical (unpaired) electrons. The Balaban J connectivity index is 2.14. The topological polar surface area (TPSA) is 58.6 Å². The molecule has 5 nitrogen and oxygen atoms in total. The first-order valence-electron chi connectivity index (χ1n) is 9.52. The van der Waals surface area contributed by atoms with Crippen LogP contribution < -0.4 is 10.1 Å². The van der Waals surface area contributed by atoms with Crippen molar-refractivity contribution >= 4 is 39.3 Å². The molecule has 29 heavy (non-hydrogen) atoms. The van der Waals surface area contributed by atoms with Crippen LogP contribution in [0.15, 0.2) is 46.9 Å². The van der Waals surface area contributed by atoms with Gasteiger partial charge in [-0.05, 0) is 44.0 Å². The van der Waals surface area contributed by atoms with Crippen molar-refractivity contribution in [1.29, 1.82) is 0 Å². The van der Waals surface area contributed by atoms with Crippen LogP contribution in [0.5, 0.6) is 5.75 Å². The summed E-state index contributed by atoms with van der Waals surface area (Å²) in [5, 5.41) is 3.26. The van der Waals surface area contributed by atoms with Crippen molar-refractivity contribution in [1.82, 2.24) is 10.2 Å². The van der Waals surface area contributed by atoms with Crippen molar-refractivity contribution in [3.05, 3.63) is 63.1 Å². The molecule has 0 aliphatic carbocycles. The van der Waals surface area contributed by atoms with Crippen LogP contribution in [0.4, 0.5) is 0 Å². The summed E-state index contributed by atoms with van der Waals surface area (Å²) >= 11 is 9.50. The molecule has 1 N–H and O–H groups in total. The van der Waals surface area contributed by atoms with Crippen LogP contribution in [0.2, 0.25) is 5.02 Å². The lowest BCUT2D eigenvalue weighted by Gasteiger charge is -2.28. The number of amides is 2. The third-order valence-electron chi connectivity index (χ3n) is 4.44. The second-order valence-corrected chi connectivity index (χ2v) is 8.16. The summed E-state index contributed by atoms with van der Waals surface area (Å²) in [4.78, 5) is 27.0. The van der Waals surface area contributed by atoms with E-state index in [0.717, 1.165) is 22.0 Å². The molecule has 7 heteroatoms. The SMILES string of the molecule is CCCNC(=O)C(C)N(Cc1ccc(C)cc1)C(=O)COc1ccc(Br)cc1Cl. The number of nitrogens with zero attached hydrogens (tertiary/aromatic N) is 1. The van der Waals surface area contributed by atoms with E-state index in [4.69, 9.17) is 16.3 Å². The van der Waals surface area contributed by atoms with Gasteiger partial charge in [-0.2, -0.15) is 0 Å². The minimum absolute atomic E-state index is 0.186. The molecule has 0 aliphatic rings. The third-order valence-corrected chi connectivity index (χ3v) is 5.22. The molecule has 2 rings (SSSR count). The molecule has 2 aromatic rings. The number of rotatable bonds is 9. The minimum Gasteiger partial charge on any atom is -0.482 e. The Morgan fingerprint density at radius 1 is 1.21 bits per heavy atom. The van der Waals surface area contributed by atoms with Gasteiger partial charge in [0.15, 0.2) is 6.61 Å². The summed E-state index contributed by atoms with van der Waals surface area (Å²) in [5.41, 5.74) is 2.08. The zero-order valence-electron chi connectivity index (χ0n) is 16.9. The van der Waals surface area contributed by atoms with Gasteiger partial charge in [-0.25, -0.2) is 0 Å². The van der Waals surface area contributed by atoms with E-state index in [1.54, 1.807) is 25.1 Å². The van der Waals surface area contributed by atoms with Crippen molar-refractivity contribution in [2.24, 2.45) is 0 Å². The minimum atomic E-state index is -0.626. The number of benzene rings is 2. The first kappa shape index (κ1) is 23.2. The van der Waals surface area contributed by atoms with Crippen LogP contribution in [0.3, 0.4) is 0 Å². The van der Waals surface area contributed by atoms with Gasteiger partial charge in [0.25, 0.3) is 5.91 Å². The van der Waals surface area contributed by atoms with Crippen molar-refractivity contribution < 1.29 is 14.3 Å². The summed E-state index contributed by atoms with van der Waals surface area (Å²) in [5.74, 6) is -0.0562. The number of aryl methyl sites for hydroxylation is 1. The number of carbonyl (C=O) groups is 2. The van der Waals surface area contributed by atoms with Gasteiger partial charge in [0, 0.05) is 17.6 Å². The maximum Gasteiger partial charge on any atom is 0.261 e. The van der Waals surface area contributed by atoms with Crippen LogP contribution in [0.1, 0.15) is 31.4 Å². The summed E-state index contributed by atoms with van der Waals surface area (Å²) < 4.78 is 6.45. The van der Waals surface area contributed by atoms with Crippen molar-refractivity contribution in [3.8, 4) is 5.75 Å². The Hall–Kier alpha value is -2.05. The molecule has 0 fully saturated rings. The monoisotopic (exact) mass is 480 g/mol. The summed E-state index contributed by atoms with van der Waals surface area (Å²) in [7, 11) is 0. The van der Waals surface area contributed by atoms with Gasteiger partial charge in [0.05, 0.1) is 5.02 Å². The molecular weight excluding hydrogens is 456 g/mol. The largest absolute Gasteiger partial charge is 0.482 e. The van der Waals surface area contributed by atoms with Crippen LogP contribution in [-0.2, 0) is 16.1 Å². The number of nitrogens with one attached hydrogen (secondary N) is 1. The number of ether oxygens (including phenoxy) is 1. The standard InChI is InChI=1S/C22H26BrClN2O3/c1-4-11-25-22(28)16(3)26(13-17-7-5-15(2)6-8-17)21(27)14-29-20-10-9-18(23)12-19(20)24/h5-10,12,16H,4,11,13-14H2,1-3H3,(H,25,28). The molecule has 0 saturated heterocycles. The maximum atomic E-state index is 13.0. The number of hydrogen-bond donors (Lipinski definition) is 1. The van der Waals surface area contributed by atoms with Gasteiger partial charge in [0.1, 0.15) is 11.8 Å². The maximum absolute atomic E-state index is 13.0.